The molecule has 1 saturated heterocycles. The average molecular weight is 518 g/mol. The molecule has 0 atom stereocenters. The monoisotopic (exact) mass is 517 g/mol. The van der Waals surface area contributed by atoms with Gasteiger partial charge in [0.15, 0.2) is 5.13 Å². The van der Waals surface area contributed by atoms with Crippen LogP contribution in [-0.4, -0.2) is 49.9 Å². The van der Waals surface area contributed by atoms with Crippen LogP contribution in [0.3, 0.4) is 0 Å². The van der Waals surface area contributed by atoms with Gasteiger partial charge in [0.05, 0.1) is 35.6 Å². The van der Waals surface area contributed by atoms with Crippen molar-refractivity contribution in [3.63, 3.8) is 0 Å². The Morgan fingerprint density at radius 2 is 1.77 bits per heavy atom. The number of nitrogens with zero attached hydrogens (tertiary/aromatic N) is 2. The molecule has 1 N–H and O–H groups in total. The van der Waals surface area contributed by atoms with Gasteiger partial charge in [-0.1, -0.05) is 22.9 Å². The second kappa shape index (κ2) is 11.9. The number of nitrogens with one attached hydrogen (secondary N) is 1. The molecule has 0 unspecified atom stereocenters. The SMILES string of the molecule is CCOC(=O)c1ccc2nc(N(Cc3cc(OCC)c(Cl)c(OCC)c3)C3CCNCC3)sc2c1. The molecule has 2 heterocycles. The minimum atomic E-state index is -0.312. The van der Waals surface area contributed by atoms with Crippen LogP contribution in [0.4, 0.5) is 5.13 Å². The smallest absolute Gasteiger partial charge is 0.338 e. The molecule has 1 aliphatic heterocycles. The predicted molar refractivity (Wildman–Crippen MR) is 141 cm³/mol. The molecule has 4 rings (SSSR count). The van der Waals surface area contributed by atoms with E-state index in [1.54, 1.807) is 17.4 Å². The van der Waals surface area contributed by atoms with Crippen molar-refractivity contribution in [3.8, 4) is 11.5 Å². The minimum Gasteiger partial charge on any atom is -0.492 e. The third-order valence-corrected chi connectivity index (χ3v) is 7.33. The van der Waals surface area contributed by atoms with Gasteiger partial charge in [-0.05, 0) is 82.6 Å². The van der Waals surface area contributed by atoms with Crippen molar-refractivity contribution >= 4 is 44.3 Å². The van der Waals surface area contributed by atoms with Crippen molar-refractivity contribution in [2.24, 2.45) is 0 Å². The first-order chi connectivity index (χ1) is 17.0. The highest BCUT2D eigenvalue weighted by Crippen LogP contribution is 2.38. The molecule has 3 aromatic rings. The standard InChI is InChI=1S/C26H32ClN3O4S/c1-4-32-21-13-17(14-22(24(21)27)33-5-2)16-30(19-9-11-28-12-10-19)26-29-20-8-7-18(15-23(20)35-26)25(31)34-6-3/h7-8,13-15,19,28H,4-6,9-12,16H2,1-3H3. The Morgan fingerprint density at radius 3 is 2.40 bits per heavy atom. The number of thiazole rings is 1. The Labute approximate surface area is 215 Å². The van der Waals surface area contributed by atoms with Crippen molar-refractivity contribution in [2.45, 2.75) is 46.2 Å². The van der Waals surface area contributed by atoms with E-state index in [9.17, 15) is 4.79 Å². The van der Waals surface area contributed by atoms with Gasteiger partial charge >= 0.3 is 5.97 Å². The van der Waals surface area contributed by atoms with Gasteiger partial charge in [-0.2, -0.15) is 0 Å². The van der Waals surface area contributed by atoms with Crippen molar-refractivity contribution in [2.75, 3.05) is 37.8 Å². The molecular weight excluding hydrogens is 486 g/mol. The van der Waals surface area contributed by atoms with Crippen LogP contribution in [0.15, 0.2) is 30.3 Å². The molecular formula is C26H32ClN3O4S. The zero-order valence-corrected chi connectivity index (χ0v) is 22.0. The first-order valence-electron chi connectivity index (χ1n) is 12.2. The predicted octanol–water partition coefficient (Wildman–Crippen LogP) is 5.68. The average Bonchev–Trinajstić information content (AvgIpc) is 3.29. The number of carbonyl (C=O) groups excluding carboxylic acids is 1. The normalized spacial score (nSPS) is 14.2. The van der Waals surface area contributed by atoms with E-state index in [0.717, 1.165) is 46.8 Å². The van der Waals surface area contributed by atoms with Gasteiger partial charge in [0, 0.05) is 12.6 Å². The summed E-state index contributed by atoms with van der Waals surface area (Å²) in [6.07, 6.45) is 2.04. The summed E-state index contributed by atoms with van der Waals surface area (Å²) < 4.78 is 17.7. The third kappa shape index (κ3) is 6.00. The number of hydrogen-bond acceptors (Lipinski definition) is 8. The molecule has 0 spiro atoms. The Morgan fingerprint density at radius 1 is 1.09 bits per heavy atom. The number of esters is 1. The molecule has 7 nitrogen and oxygen atoms in total. The number of ether oxygens (including phenoxy) is 3. The quantitative estimate of drug-likeness (QED) is 0.347. The second-order valence-electron chi connectivity index (χ2n) is 8.28. The van der Waals surface area contributed by atoms with Crippen molar-refractivity contribution in [1.29, 1.82) is 0 Å². The zero-order valence-electron chi connectivity index (χ0n) is 20.4. The van der Waals surface area contributed by atoms with E-state index in [4.69, 9.17) is 30.8 Å². The number of anilines is 1. The van der Waals surface area contributed by atoms with E-state index in [1.165, 1.54) is 0 Å². The van der Waals surface area contributed by atoms with E-state index >= 15 is 0 Å². The molecule has 0 aliphatic carbocycles. The lowest BCUT2D eigenvalue weighted by atomic mass is 10.0. The fourth-order valence-corrected chi connectivity index (χ4v) is 5.58. The minimum absolute atomic E-state index is 0.312. The van der Waals surface area contributed by atoms with Crippen LogP contribution in [0.25, 0.3) is 10.2 Å². The van der Waals surface area contributed by atoms with Crippen molar-refractivity contribution in [1.82, 2.24) is 10.3 Å². The van der Waals surface area contributed by atoms with Gasteiger partial charge in [-0.15, -0.1) is 0 Å². The second-order valence-corrected chi connectivity index (χ2v) is 9.67. The van der Waals surface area contributed by atoms with Crippen LogP contribution in [-0.2, 0) is 11.3 Å². The van der Waals surface area contributed by atoms with E-state index in [1.807, 2.05) is 45.0 Å². The molecule has 0 bridgehead atoms. The van der Waals surface area contributed by atoms with Crippen molar-refractivity contribution < 1.29 is 19.0 Å². The lowest BCUT2D eigenvalue weighted by molar-refractivity contribution is 0.0526. The number of rotatable bonds is 10. The molecule has 188 valence electrons. The van der Waals surface area contributed by atoms with Crippen LogP contribution < -0.4 is 19.7 Å². The van der Waals surface area contributed by atoms with E-state index in [-0.39, 0.29) is 5.97 Å². The van der Waals surface area contributed by atoms with Crippen LogP contribution in [0.2, 0.25) is 5.02 Å². The molecule has 0 saturated carbocycles. The summed E-state index contributed by atoms with van der Waals surface area (Å²) >= 11 is 8.13. The van der Waals surface area contributed by atoms with Gasteiger partial charge in [0.1, 0.15) is 16.5 Å². The number of fused-ring (bicyclic) bond motifs is 1. The number of aromatic nitrogens is 1. The fourth-order valence-electron chi connectivity index (χ4n) is 4.28. The largest absolute Gasteiger partial charge is 0.492 e. The summed E-state index contributed by atoms with van der Waals surface area (Å²) in [5, 5.41) is 4.88. The summed E-state index contributed by atoms with van der Waals surface area (Å²) in [6, 6.07) is 9.87. The molecule has 0 radical (unpaired) electrons. The van der Waals surface area contributed by atoms with Gasteiger partial charge in [-0.3, -0.25) is 0 Å². The molecule has 1 fully saturated rings. The summed E-state index contributed by atoms with van der Waals surface area (Å²) in [5.41, 5.74) is 2.47. The maximum atomic E-state index is 12.2. The molecule has 1 aliphatic rings. The lowest BCUT2D eigenvalue weighted by Crippen LogP contribution is -2.43. The molecule has 2 aromatic carbocycles. The Hall–Kier alpha value is -2.55. The van der Waals surface area contributed by atoms with Crippen LogP contribution in [0.5, 0.6) is 11.5 Å². The summed E-state index contributed by atoms with van der Waals surface area (Å²) in [5.74, 6) is 0.945. The van der Waals surface area contributed by atoms with Crippen LogP contribution in [0.1, 0.15) is 49.5 Å². The Bertz CT molecular complexity index is 1140. The lowest BCUT2D eigenvalue weighted by Gasteiger charge is -2.34. The number of carbonyl (C=O) groups is 1. The molecule has 1 aromatic heterocycles. The van der Waals surface area contributed by atoms with E-state index in [2.05, 4.69) is 10.2 Å². The first-order valence-corrected chi connectivity index (χ1v) is 13.4. The van der Waals surface area contributed by atoms with E-state index < -0.39 is 0 Å². The molecule has 9 heteroatoms. The van der Waals surface area contributed by atoms with E-state index in [0.29, 0.717) is 54.5 Å². The molecule has 0 amide bonds. The highest BCUT2D eigenvalue weighted by atomic mass is 35.5. The third-order valence-electron chi connectivity index (χ3n) is 5.90. The molecule has 35 heavy (non-hydrogen) atoms. The van der Waals surface area contributed by atoms with Crippen molar-refractivity contribution in [3.05, 3.63) is 46.5 Å². The Kier molecular flexibility index (Phi) is 8.70. The van der Waals surface area contributed by atoms with Crippen LogP contribution >= 0.6 is 22.9 Å². The topological polar surface area (TPSA) is 72.9 Å². The first kappa shape index (κ1) is 25.5. The van der Waals surface area contributed by atoms with Gasteiger partial charge in [0.25, 0.3) is 0 Å². The Balaban J connectivity index is 1.70. The number of piperidine rings is 1. The summed E-state index contributed by atoms with van der Waals surface area (Å²) in [6.45, 7) is 9.66. The highest BCUT2D eigenvalue weighted by Gasteiger charge is 2.25. The summed E-state index contributed by atoms with van der Waals surface area (Å²) in [7, 11) is 0. The van der Waals surface area contributed by atoms with Gasteiger partial charge < -0.3 is 24.4 Å². The maximum absolute atomic E-state index is 12.2. The van der Waals surface area contributed by atoms with Gasteiger partial charge in [0.2, 0.25) is 0 Å². The number of hydrogen-bond donors (Lipinski definition) is 1. The number of benzene rings is 2. The zero-order chi connectivity index (χ0) is 24.8. The fraction of sp³-hybridized carbons (Fsp3) is 0.462. The summed E-state index contributed by atoms with van der Waals surface area (Å²) in [4.78, 5) is 19.5. The number of halogens is 1. The van der Waals surface area contributed by atoms with Gasteiger partial charge in [-0.25, -0.2) is 9.78 Å². The maximum Gasteiger partial charge on any atom is 0.338 e. The highest BCUT2D eigenvalue weighted by molar-refractivity contribution is 7.22. The van der Waals surface area contributed by atoms with Crippen LogP contribution in [0, 0.1) is 0 Å².